The highest BCUT2D eigenvalue weighted by Crippen LogP contribution is 2.39. The average molecular weight is 301 g/mol. The fourth-order valence-corrected chi connectivity index (χ4v) is 1.99. The normalized spacial score (nSPS) is 12.1. The van der Waals surface area contributed by atoms with E-state index < -0.39 is 28.8 Å². The fraction of sp³-hybridized carbons (Fsp3) is 0.400. The Hall–Kier alpha value is -1.98. The van der Waals surface area contributed by atoms with Crippen LogP contribution in [0.25, 0.3) is 0 Å². The zero-order valence-corrected chi connectivity index (χ0v) is 12.2. The van der Waals surface area contributed by atoms with Crippen LogP contribution in [0.1, 0.15) is 36.7 Å². The molecule has 0 aliphatic heterocycles. The molecule has 0 aliphatic rings. The van der Waals surface area contributed by atoms with Crippen molar-refractivity contribution < 1.29 is 23.1 Å². The Kier molecular flexibility index (Phi) is 4.71. The molecule has 0 atom stereocenters. The minimum atomic E-state index is -4.63. The molecule has 0 spiro atoms. The summed E-state index contributed by atoms with van der Waals surface area (Å²) in [6, 6.07) is 3.04. The maximum absolute atomic E-state index is 13.2. The highest BCUT2D eigenvalue weighted by molar-refractivity contribution is 5.88. The monoisotopic (exact) mass is 301 g/mol. The van der Waals surface area contributed by atoms with E-state index in [1.54, 1.807) is 20.8 Å². The van der Waals surface area contributed by atoms with E-state index in [1.165, 1.54) is 23.1 Å². The third-order valence-corrected chi connectivity index (χ3v) is 2.96. The summed E-state index contributed by atoms with van der Waals surface area (Å²) in [5.74, 6) is -1.39. The second-order valence-corrected chi connectivity index (χ2v) is 5.60. The van der Waals surface area contributed by atoms with Crippen molar-refractivity contribution in [3.05, 3.63) is 42.0 Å². The summed E-state index contributed by atoms with van der Waals surface area (Å²) in [7, 11) is 0. The summed E-state index contributed by atoms with van der Waals surface area (Å²) in [6.45, 7) is 9.12. The Morgan fingerprint density at radius 1 is 1.33 bits per heavy atom. The number of benzene rings is 1. The Balaban J connectivity index is 3.53. The Labute approximate surface area is 121 Å². The first kappa shape index (κ1) is 17.1. The number of alkyl halides is 3. The molecule has 1 aromatic rings. The van der Waals surface area contributed by atoms with E-state index in [9.17, 15) is 18.0 Å². The van der Waals surface area contributed by atoms with E-state index >= 15 is 0 Å². The topological polar surface area (TPSA) is 40.5 Å². The molecule has 1 rings (SSSR count). The predicted octanol–water partition coefficient (Wildman–Crippen LogP) is 4.19. The van der Waals surface area contributed by atoms with Gasteiger partial charge in [0.25, 0.3) is 0 Å². The fourth-order valence-electron chi connectivity index (χ4n) is 1.99. The Morgan fingerprint density at radius 2 is 1.90 bits per heavy atom. The van der Waals surface area contributed by atoms with Gasteiger partial charge in [-0.3, -0.25) is 0 Å². The van der Waals surface area contributed by atoms with Crippen molar-refractivity contribution in [1.29, 1.82) is 0 Å². The number of anilines is 1. The highest BCUT2D eigenvalue weighted by atomic mass is 19.4. The van der Waals surface area contributed by atoms with Crippen molar-refractivity contribution in [1.82, 2.24) is 0 Å². The lowest BCUT2D eigenvalue weighted by atomic mass is 10.0. The maximum atomic E-state index is 13.2. The second kappa shape index (κ2) is 5.79. The SMILES string of the molecule is C=CCN(c1ccc(C(=O)O)cc1C(F)(F)F)C(C)(C)C. The summed E-state index contributed by atoms with van der Waals surface area (Å²) < 4.78 is 39.7. The van der Waals surface area contributed by atoms with Gasteiger partial charge in [0.1, 0.15) is 0 Å². The lowest BCUT2D eigenvalue weighted by molar-refractivity contribution is -0.137. The third-order valence-electron chi connectivity index (χ3n) is 2.96. The molecule has 0 unspecified atom stereocenters. The average Bonchev–Trinajstić information content (AvgIpc) is 2.32. The molecule has 0 radical (unpaired) electrons. The number of carboxylic acid groups (broad SMARTS) is 1. The van der Waals surface area contributed by atoms with Crippen LogP contribution in [0, 0.1) is 0 Å². The quantitative estimate of drug-likeness (QED) is 0.848. The van der Waals surface area contributed by atoms with Crippen LogP contribution in [0.3, 0.4) is 0 Å². The van der Waals surface area contributed by atoms with E-state index in [4.69, 9.17) is 5.11 Å². The molecule has 6 heteroatoms. The molecular weight excluding hydrogens is 283 g/mol. The van der Waals surface area contributed by atoms with Crippen LogP contribution >= 0.6 is 0 Å². The zero-order valence-electron chi connectivity index (χ0n) is 12.2. The van der Waals surface area contributed by atoms with E-state index in [1.807, 2.05) is 0 Å². The van der Waals surface area contributed by atoms with Crippen molar-refractivity contribution in [3.63, 3.8) is 0 Å². The zero-order chi connectivity index (χ0) is 16.4. The molecule has 0 saturated carbocycles. The van der Waals surface area contributed by atoms with E-state index in [2.05, 4.69) is 6.58 Å². The summed E-state index contributed by atoms with van der Waals surface area (Å²) >= 11 is 0. The molecule has 21 heavy (non-hydrogen) atoms. The highest BCUT2D eigenvalue weighted by Gasteiger charge is 2.37. The van der Waals surface area contributed by atoms with Gasteiger partial charge in [-0.15, -0.1) is 6.58 Å². The number of hydrogen-bond acceptors (Lipinski definition) is 2. The number of carboxylic acids is 1. The predicted molar refractivity (Wildman–Crippen MR) is 75.7 cm³/mol. The van der Waals surface area contributed by atoms with Gasteiger partial charge in [0, 0.05) is 17.8 Å². The second-order valence-electron chi connectivity index (χ2n) is 5.60. The molecule has 0 aromatic heterocycles. The van der Waals surface area contributed by atoms with Gasteiger partial charge in [-0.2, -0.15) is 13.2 Å². The first-order valence-electron chi connectivity index (χ1n) is 6.31. The summed E-state index contributed by atoms with van der Waals surface area (Å²) in [5.41, 5.74) is -1.98. The van der Waals surface area contributed by atoms with Gasteiger partial charge in [0.15, 0.2) is 0 Å². The van der Waals surface area contributed by atoms with E-state index in [0.717, 1.165) is 0 Å². The van der Waals surface area contributed by atoms with Crippen molar-refractivity contribution in [3.8, 4) is 0 Å². The summed E-state index contributed by atoms with van der Waals surface area (Å²) in [6.07, 6.45) is -3.12. The molecule has 3 nitrogen and oxygen atoms in total. The van der Waals surface area contributed by atoms with Crippen LogP contribution in [0.15, 0.2) is 30.9 Å². The molecule has 0 saturated heterocycles. The third kappa shape index (κ3) is 4.00. The van der Waals surface area contributed by atoms with Crippen LogP contribution in [-0.2, 0) is 6.18 Å². The van der Waals surface area contributed by atoms with Crippen LogP contribution < -0.4 is 4.90 Å². The molecule has 1 aromatic carbocycles. The van der Waals surface area contributed by atoms with Crippen molar-refractivity contribution in [2.75, 3.05) is 11.4 Å². The Bertz CT molecular complexity index is 545. The van der Waals surface area contributed by atoms with E-state index in [0.29, 0.717) is 6.07 Å². The molecular formula is C15H18F3NO2. The van der Waals surface area contributed by atoms with Gasteiger partial charge in [-0.25, -0.2) is 4.79 Å². The smallest absolute Gasteiger partial charge is 0.418 e. The van der Waals surface area contributed by atoms with Crippen molar-refractivity contribution >= 4 is 11.7 Å². The molecule has 0 aliphatic carbocycles. The number of rotatable bonds is 4. The standard InChI is InChI=1S/C15H18F3NO2/c1-5-8-19(14(2,3)4)12-7-6-10(13(20)21)9-11(12)15(16,17)18/h5-7,9H,1,8H2,2-4H3,(H,20,21). The number of nitrogens with zero attached hydrogens (tertiary/aromatic N) is 1. The Morgan fingerprint density at radius 3 is 2.29 bits per heavy atom. The van der Waals surface area contributed by atoms with Crippen molar-refractivity contribution in [2.45, 2.75) is 32.5 Å². The van der Waals surface area contributed by atoms with Gasteiger partial charge < -0.3 is 10.0 Å². The lowest BCUT2D eigenvalue weighted by Crippen LogP contribution is -2.42. The minimum Gasteiger partial charge on any atom is -0.478 e. The van der Waals surface area contributed by atoms with Gasteiger partial charge in [0.05, 0.1) is 11.1 Å². The largest absolute Gasteiger partial charge is 0.478 e. The van der Waals surface area contributed by atoms with Gasteiger partial charge in [-0.05, 0) is 39.0 Å². The van der Waals surface area contributed by atoms with Crippen LogP contribution in [0.2, 0.25) is 0 Å². The number of hydrogen-bond donors (Lipinski definition) is 1. The molecule has 0 bridgehead atoms. The molecule has 0 heterocycles. The molecule has 0 amide bonds. The molecule has 1 N–H and O–H groups in total. The summed E-state index contributed by atoms with van der Waals surface area (Å²) in [5, 5.41) is 8.87. The van der Waals surface area contributed by atoms with Gasteiger partial charge in [-0.1, -0.05) is 6.08 Å². The number of carbonyl (C=O) groups is 1. The van der Waals surface area contributed by atoms with Gasteiger partial charge >= 0.3 is 12.1 Å². The number of halogens is 3. The minimum absolute atomic E-state index is 0.0556. The van der Waals surface area contributed by atoms with Crippen molar-refractivity contribution in [2.24, 2.45) is 0 Å². The van der Waals surface area contributed by atoms with E-state index in [-0.39, 0.29) is 12.2 Å². The molecule has 116 valence electrons. The maximum Gasteiger partial charge on any atom is 0.418 e. The van der Waals surface area contributed by atoms with Crippen LogP contribution in [0.5, 0.6) is 0 Å². The lowest BCUT2D eigenvalue weighted by Gasteiger charge is -2.38. The van der Waals surface area contributed by atoms with Gasteiger partial charge in [0.2, 0.25) is 0 Å². The van der Waals surface area contributed by atoms with Crippen LogP contribution in [0.4, 0.5) is 18.9 Å². The first-order valence-corrected chi connectivity index (χ1v) is 6.31. The molecule has 0 fully saturated rings. The van der Waals surface area contributed by atoms with Crippen LogP contribution in [-0.4, -0.2) is 23.2 Å². The first-order chi connectivity index (χ1) is 9.48. The summed E-state index contributed by atoms with van der Waals surface area (Å²) in [4.78, 5) is 12.4. The number of aromatic carboxylic acids is 1.